The first-order valence-electron chi connectivity index (χ1n) is 7.84. The molecule has 1 atom stereocenters. The number of methoxy groups -OCH3 is 1. The Hall–Kier alpha value is -2.04. The van der Waals surface area contributed by atoms with E-state index >= 15 is 0 Å². The number of benzene rings is 1. The Balaban J connectivity index is 1.84. The molecule has 2 heterocycles. The number of thiophene rings is 2. The first-order valence-corrected chi connectivity index (χ1v) is 11.1. The second-order valence-electron chi connectivity index (χ2n) is 5.69. The molecule has 1 unspecified atom stereocenters. The van der Waals surface area contributed by atoms with E-state index in [9.17, 15) is 18.3 Å². The maximum atomic E-state index is 12.6. The van der Waals surface area contributed by atoms with Gasteiger partial charge in [-0.05, 0) is 52.5 Å². The Bertz CT molecular complexity index is 960. The van der Waals surface area contributed by atoms with Gasteiger partial charge < -0.3 is 9.84 Å². The molecule has 3 rings (SSSR count). The third-order valence-electron chi connectivity index (χ3n) is 4.03. The largest absolute Gasteiger partial charge is 0.465 e. The number of ether oxygens (including phenoxy) is 1. The summed E-state index contributed by atoms with van der Waals surface area (Å²) in [4.78, 5) is 12.1. The number of aliphatic hydroxyl groups is 1. The van der Waals surface area contributed by atoms with Gasteiger partial charge in [0.1, 0.15) is 5.60 Å². The molecule has 142 valence electrons. The molecule has 0 amide bonds. The van der Waals surface area contributed by atoms with Crippen LogP contribution in [0.1, 0.15) is 20.8 Å². The van der Waals surface area contributed by atoms with Crippen LogP contribution in [0.4, 0.5) is 0 Å². The van der Waals surface area contributed by atoms with Crippen LogP contribution in [-0.2, 0) is 20.4 Å². The van der Waals surface area contributed by atoms with Gasteiger partial charge in [-0.25, -0.2) is 17.9 Å². The molecular weight excluding hydrogens is 406 g/mol. The van der Waals surface area contributed by atoms with Gasteiger partial charge >= 0.3 is 5.97 Å². The lowest BCUT2D eigenvalue weighted by Gasteiger charge is -2.26. The van der Waals surface area contributed by atoms with Crippen molar-refractivity contribution < 1.29 is 23.1 Å². The number of hydrogen-bond acceptors (Lipinski definition) is 7. The van der Waals surface area contributed by atoms with E-state index in [1.54, 1.807) is 23.6 Å². The third-order valence-corrected chi connectivity index (χ3v) is 7.15. The highest BCUT2D eigenvalue weighted by atomic mass is 32.2. The maximum Gasteiger partial charge on any atom is 0.337 e. The van der Waals surface area contributed by atoms with Crippen molar-refractivity contribution in [2.45, 2.75) is 10.5 Å². The van der Waals surface area contributed by atoms with Crippen LogP contribution in [-0.4, -0.2) is 33.1 Å². The van der Waals surface area contributed by atoms with Gasteiger partial charge in [-0.15, -0.1) is 11.3 Å². The van der Waals surface area contributed by atoms with Gasteiger partial charge in [0, 0.05) is 17.0 Å². The number of sulfonamides is 1. The molecule has 0 saturated carbocycles. The van der Waals surface area contributed by atoms with E-state index in [-0.39, 0.29) is 17.0 Å². The summed E-state index contributed by atoms with van der Waals surface area (Å²) in [6.45, 7) is -0.217. The fourth-order valence-corrected chi connectivity index (χ4v) is 5.15. The lowest BCUT2D eigenvalue weighted by atomic mass is 9.95. The van der Waals surface area contributed by atoms with Crippen LogP contribution in [0.3, 0.4) is 0 Å². The molecule has 0 fully saturated rings. The summed E-state index contributed by atoms with van der Waals surface area (Å²) in [6, 6.07) is 10.7. The van der Waals surface area contributed by atoms with E-state index in [1.165, 1.54) is 54.0 Å². The minimum atomic E-state index is -3.88. The zero-order valence-electron chi connectivity index (χ0n) is 14.3. The van der Waals surface area contributed by atoms with Crippen molar-refractivity contribution in [3.05, 3.63) is 74.6 Å². The number of esters is 1. The molecule has 2 aromatic heterocycles. The van der Waals surface area contributed by atoms with Crippen molar-refractivity contribution in [1.29, 1.82) is 0 Å². The molecule has 2 N–H and O–H groups in total. The van der Waals surface area contributed by atoms with Gasteiger partial charge in [0.2, 0.25) is 10.0 Å². The topological polar surface area (TPSA) is 92.7 Å². The maximum absolute atomic E-state index is 12.6. The number of nitrogens with one attached hydrogen (secondary N) is 1. The highest BCUT2D eigenvalue weighted by molar-refractivity contribution is 7.89. The number of carbonyl (C=O) groups is 1. The molecule has 1 aromatic carbocycles. The van der Waals surface area contributed by atoms with Gasteiger partial charge in [-0.1, -0.05) is 6.07 Å². The lowest BCUT2D eigenvalue weighted by molar-refractivity contribution is 0.0600. The highest BCUT2D eigenvalue weighted by Crippen LogP contribution is 2.34. The molecule has 27 heavy (non-hydrogen) atoms. The smallest absolute Gasteiger partial charge is 0.337 e. The van der Waals surface area contributed by atoms with E-state index in [1.807, 2.05) is 10.8 Å². The van der Waals surface area contributed by atoms with Crippen molar-refractivity contribution in [2.75, 3.05) is 13.7 Å². The van der Waals surface area contributed by atoms with Crippen LogP contribution >= 0.6 is 22.7 Å². The SMILES string of the molecule is COC(=O)c1ccc(S(=O)(=O)NCC(O)(c2ccsc2)c2cccs2)cc1. The van der Waals surface area contributed by atoms with Crippen molar-refractivity contribution >= 4 is 38.7 Å². The van der Waals surface area contributed by atoms with Gasteiger partial charge in [-0.2, -0.15) is 11.3 Å². The van der Waals surface area contributed by atoms with Crippen LogP contribution in [0.2, 0.25) is 0 Å². The van der Waals surface area contributed by atoms with Crippen molar-refractivity contribution in [2.24, 2.45) is 0 Å². The normalized spacial score (nSPS) is 13.9. The zero-order chi connectivity index (χ0) is 19.5. The number of carbonyl (C=O) groups excluding carboxylic acids is 1. The molecule has 0 aliphatic heterocycles. The summed E-state index contributed by atoms with van der Waals surface area (Å²) in [5.41, 5.74) is -0.587. The first kappa shape index (κ1) is 19.7. The summed E-state index contributed by atoms with van der Waals surface area (Å²) in [7, 11) is -2.62. The van der Waals surface area contributed by atoms with Crippen molar-refractivity contribution in [1.82, 2.24) is 4.72 Å². The Morgan fingerprint density at radius 1 is 1.19 bits per heavy atom. The monoisotopic (exact) mass is 423 g/mol. The zero-order valence-corrected chi connectivity index (χ0v) is 16.7. The molecule has 0 spiro atoms. The summed E-state index contributed by atoms with van der Waals surface area (Å²) in [5.74, 6) is -0.545. The Morgan fingerprint density at radius 2 is 1.93 bits per heavy atom. The van der Waals surface area contributed by atoms with Gasteiger partial charge in [0.05, 0.1) is 17.6 Å². The average molecular weight is 424 g/mol. The quantitative estimate of drug-likeness (QED) is 0.570. The molecule has 9 heteroatoms. The second kappa shape index (κ2) is 7.91. The predicted molar refractivity (Wildman–Crippen MR) is 105 cm³/mol. The second-order valence-corrected chi connectivity index (χ2v) is 9.18. The van der Waals surface area contributed by atoms with Gasteiger partial charge in [-0.3, -0.25) is 0 Å². The van der Waals surface area contributed by atoms with Crippen LogP contribution < -0.4 is 4.72 Å². The average Bonchev–Trinajstić information content (AvgIpc) is 3.40. The highest BCUT2D eigenvalue weighted by Gasteiger charge is 2.34. The lowest BCUT2D eigenvalue weighted by Crippen LogP contribution is -2.40. The minimum absolute atomic E-state index is 0.00555. The fourth-order valence-electron chi connectivity index (χ4n) is 2.52. The number of hydrogen-bond donors (Lipinski definition) is 2. The van der Waals surface area contributed by atoms with E-state index < -0.39 is 21.6 Å². The van der Waals surface area contributed by atoms with Crippen molar-refractivity contribution in [3.8, 4) is 0 Å². The molecular formula is C18H17NO5S3. The van der Waals surface area contributed by atoms with E-state index in [4.69, 9.17) is 0 Å². The van der Waals surface area contributed by atoms with E-state index in [0.717, 1.165) is 0 Å². The Kier molecular flexibility index (Phi) is 5.78. The van der Waals surface area contributed by atoms with E-state index in [0.29, 0.717) is 10.4 Å². The summed E-state index contributed by atoms with van der Waals surface area (Å²) < 4.78 is 32.3. The number of rotatable bonds is 7. The van der Waals surface area contributed by atoms with Crippen LogP contribution in [0.15, 0.2) is 63.5 Å². The molecule has 0 radical (unpaired) electrons. The summed E-state index contributed by atoms with van der Waals surface area (Å²) in [6.07, 6.45) is 0. The van der Waals surface area contributed by atoms with Crippen LogP contribution in [0.5, 0.6) is 0 Å². The van der Waals surface area contributed by atoms with Crippen LogP contribution in [0, 0.1) is 0 Å². The Labute approximate surface area is 165 Å². The molecule has 3 aromatic rings. The molecule has 0 aliphatic rings. The minimum Gasteiger partial charge on any atom is -0.465 e. The molecule has 0 bridgehead atoms. The van der Waals surface area contributed by atoms with Crippen molar-refractivity contribution in [3.63, 3.8) is 0 Å². The molecule has 0 aliphatic carbocycles. The fraction of sp³-hybridized carbons (Fsp3) is 0.167. The molecule has 0 saturated heterocycles. The van der Waals surface area contributed by atoms with E-state index in [2.05, 4.69) is 9.46 Å². The summed E-state index contributed by atoms with van der Waals surface area (Å²) >= 11 is 2.77. The predicted octanol–water partition coefficient (Wildman–Crippen LogP) is 2.81. The van der Waals surface area contributed by atoms with Crippen LogP contribution in [0.25, 0.3) is 0 Å². The first-order chi connectivity index (χ1) is 12.9. The third kappa shape index (κ3) is 4.12. The van der Waals surface area contributed by atoms with Gasteiger partial charge in [0.25, 0.3) is 0 Å². The van der Waals surface area contributed by atoms with Gasteiger partial charge in [0.15, 0.2) is 0 Å². The Morgan fingerprint density at radius 3 is 2.48 bits per heavy atom. The standard InChI is InChI=1S/C18H17NO5S3/c1-24-17(20)13-4-6-15(7-5-13)27(22,23)19-12-18(21,14-8-10-25-11-14)16-3-2-9-26-16/h2-11,19,21H,12H2,1H3. The summed E-state index contributed by atoms with van der Waals surface area (Å²) in [5, 5.41) is 16.7. The molecule has 6 nitrogen and oxygen atoms in total.